The molecule has 20 heavy (non-hydrogen) atoms. The number of nitrogens with zero attached hydrogens (tertiary/aromatic N) is 2. The van der Waals surface area contributed by atoms with E-state index in [2.05, 4.69) is 9.82 Å². The van der Waals surface area contributed by atoms with E-state index in [1.54, 1.807) is 6.92 Å². The van der Waals surface area contributed by atoms with Gasteiger partial charge >= 0.3 is 5.97 Å². The van der Waals surface area contributed by atoms with Gasteiger partial charge in [0.1, 0.15) is 15.6 Å². The van der Waals surface area contributed by atoms with Crippen LogP contribution in [0.1, 0.15) is 32.4 Å². The third kappa shape index (κ3) is 3.13. The van der Waals surface area contributed by atoms with Crippen molar-refractivity contribution in [3.05, 3.63) is 10.8 Å². The van der Waals surface area contributed by atoms with Crippen LogP contribution in [-0.2, 0) is 21.9 Å². The molecule has 1 atom stereocenters. The zero-order chi connectivity index (χ0) is 15.7. The SMILES string of the molecule is CCC[C@@](C)(NS(=O)(=O)c1c(C)nn(C)c1Cl)C(=O)O. The summed E-state index contributed by atoms with van der Waals surface area (Å²) < 4.78 is 28.2. The van der Waals surface area contributed by atoms with Crippen molar-refractivity contribution in [2.45, 2.75) is 44.0 Å². The van der Waals surface area contributed by atoms with Gasteiger partial charge in [-0.2, -0.15) is 9.82 Å². The van der Waals surface area contributed by atoms with Crippen molar-refractivity contribution >= 4 is 27.6 Å². The molecule has 2 N–H and O–H groups in total. The maximum absolute atomic E-state index is 12.4. The van der Waals surface area contributed by atoms with Crippen molar-refractivity contribution in [1.82, 2.24) is 14.5 Å². The highest BCUT2D eigenvalue weighted by atomic mass is 35.5. The number of aromatic nitrogens is 2. The van der Waals surface area contributed by atoms with E-state index in [1.165, 1.54) is 25.6 Å². The van der Waals surface area contributed by atoms with Crippen molar-refractivity contribution in [1.29, 1.82) is 0 Å². The molecule has 0 amide bonds. The number of rotatable bonds is 6. The van der Waals surface area contributed by atoms with E-state index in [1.807, 2.05) is 0 Å². The molecule has 0 aromatic carbocycles. The van der Waals surface area contributed by atoms with Crippen LogP contribution in [0.3, 0.4) is 0 Å². The number of aryl methyl sites for hydroxylation is 2. The molecule has 0 aliphatic carbocycles. The number of hydrogen-bond donors (Lipinski definition) is 2. The predicted molar refractivity (Wildman–Crippen MR) is 74.2 cm³/mol. The third-order valence-corrected chi connectivity index (χ3v) is 5.24. The van der Waals surface area contributed by atoms with Gasteiger partial charge in [-0.15, -0.1) is 0 Å². The van der Waals surface area contributed by atoms with Crippen molar-refractivity contribution in [3.63, 3.8) is 0 Å². The monoisotopic (exact) mass is 323 g/mol. The van der Waals surface area contributed by atoms with Crippen molar-refractivity contribution < 1.29 is 18.3 Å². The van der Waals surface area contributed by atoms with Crippen molar-refractivity contribution in [3.8, 4) is 0 Å². The Morgan fingerprint density at radius 3 is 2.45 bits per heavy atom. The summed E-state index contributed by atoms with van der Waals surface area (Å²) in [5, 5.41) is 13.1. The molecule has 7 nitrogen and oxygen atoms in total. The first kappa shape index (κ1) is 16.9. The van der Waals surface area contributed by atoms with E-state index in [-0.39, 0.29) is 22.2 Å². The highest BCUT2D eigenvalue weighted by molar-refractivity contribution is 7.89. The molecule has 1 aromatic rings. The first-order valence-corrected chi connectivity index (χ1v) is 7.87. The van der Waals surface area contributed by atoms with Gasteiger partial charge in [0.05, 0.1) is 5.69 Å². The van der Waals surface area contributed by atoms with E-state index in [9.17, 15) is 18.3 Å². The van der Waals surface area contributed by atoms with Crippen molar-refractivity contribution in [2.75, 3.05) is 0 Å². The fourth-order valence-electron chi connectivity index (χ4n) is 1.97. The van der Waals surface area contributed by atoms with Crippen LogP contribution in [0.5, 0.6) is 0 Å². The van der Waals surface area contributed by atoms with E-state index in [0.29, 0.717) is 6.42 Å². The first-order valence-electron chi connectivity index (χ1n) is 6.01. The Labute approximate surface area is 123 Å². The Morgan fingerprint density at radius 2 is 2.10 bits per heavy atom. The number of hydrogen-bond acceptors (Lipinski definition) is 4. The summed E-state index contributed by atoms with van der Waals surface area (Å²) in [7, 11) is -2.56. The molecule has 0 unspecified atom stereocenters. The highest BCUT2D eigenvalue weighted by Gasteiger charge is 2.39. The van der Waals surface area contributed by atoms with Crippen LogP contribution in [0.15, 0.2) is 4.90 Å². The van der Waals surface area contributed by atoms with Crippen LogP contribution in [0.2, 0.25) is 5.15 Å². The van der Waals surface area contributed by atoms with E-state index in [4.69, 9.17) is 11.6 Å². The van der Waals surface area contributed by atoms with Crippen LogP contribution >= 0.6 is 11.6 Å². The second kappa shape index (κ2) is 5.71. The zero-order valence-electron chi connectivity index (χ0n) is 11.8. The second-order valence-electron chi connectivity index (χ2n) is 4.82. The molecule has 114 valence electrons. The number of sulfonamides is 1. The lowest BCUT2D eigenvalue weighted by Gasteiger charge is -2.25. The standard InChI is InChI=1S/C11H18ClN3O4S/c1-5-6-11(3,10(16)17)14-20(18,19)8-7(2)13-15(4)9(8)12/h14H,5-6H2,1-4H3,(H,16,17)/t11-/m1/s1. The van der Waals surface area contributed by atoms with Crippen molar-refractivity contribution in [2.24, 2.45) is 7.05 Å². The summed E-state index contributed by atoms with van der Waals surface area (Å²) in [5.41, 5.74) is -1.37. The lowest BCUT2D eigenvalue weighted by atomic mass is 9.98. The van der Waals surface area contributed by atoms with Gasteiger partial charge < -0.3 is 5.11 Å². The molecule has 0 spiro atoms. The van der Waals surface area contributed by atoms with Crippen LogP contribution < -0.4 is 4.72 Å². The molecular weight excluding hydrogens is 306 g/mol. The molecular formula is C11H18ClN3O4S. The Balaban J connectivity index is 3.27. The lowest BCUT2D eigenvalue weighted by Crippen LogP contribution is -2.52. The number of aliphatic carboxylic acids is 1. The largest absolute Gasteiger partial charge is 0.480 e. The summed E-state index contributed by atoms with van der Waals surface area (Å²) in [6.07, 6.45) is 0.684. The van der Waals surface area contributed by atoms with Gasteiger partial charge in [-0.05, 0) is 20.3 Å². The molecule has 1 heterocycles. The number of halogens is 1. The Hall–Kier alpha value is -1.12. The minimum atomic E-state index is -4.07. The number of nitrogens with one attached hydrogen (secondary N) is 1. The number of carboxylic acids is 1. The maximum Gasteiger partial charge on any atom is 0.324 e. The van der Waals surface area contributed by atoms with Gasteiger partial charge in [0.15, 0.2) is 0 Å². The number of carboxylic acid groups (broad SMARTS) is 1. The summed E-state index contributed by atoms with van der Waals surface area (Å²) >= 11 is 5.92. The molecule has 1 rings (SSSR count). The van der Waals surface area contributed by atoms with Gasteiger partial charge in [-0.25, -0.2) is 8.42 Å². The van der Waals surface area contributed by atoms with Gasteiger partial charge in [0.25, 0.3) is 0 Å². The Morgan fingerprint density at radius 1 is 1.55 bits per heavy atom. The van der Waals surface area contributed by atoms with E-state index < -0.39 is 21.5 Å². The quantitative estimate of drug-likeness (QED) is 0.821. The third-order valence-electron chi connectivity index (χ3n) is 2.95. The molecule has 1 aromatic heterocycles. The molecule has 0 saturated carbocycles. The fourth-order valence-corrected chi connectivity index (χ4v) is 4.11. The second-order valence-corrected chi connectivity index (χ2v) is 6.80. The summed E-state index contributed by atoms with van der Waals surface area (Å²) in [6.45, 7) is 4.60. The lowest BCUT2D eigenvalue weighted by molar-refractivity contribution is -0.143. The van der Waals surface area contributed by atoms with Crippen LogP contribution in [0, 0.1) is 6.92 Å². The summed E-state index contributed by atoms with van der Waals surface area (Å²) in [4.78, 5) is 11.1. The Kier molecular flexibility index (Phi) is 4.83. The van der Waals surface area contributed by atoms with Crippen LogP contribution in [0.4, 0.5) is 0 Å². The molecule has 0 radical (unpaired) electrons. The van der Waals surface area contributed by atoms with Gasteiger partial charge in [0, 0.05) is 7.05 Å². The van der Waals surface area contributed by atoms with E-state index >= 15 is 0 Å². The van der Waals surface area contributed by atoms with Gasteiger partial charge in [-0.1, -0.05) is 24.9 Å². The predicted octanol–water partition coefficient (Wildman–Crippen LogP) is 1.30. The topological polar surface area (TPSA) is 101 Å². The van der Waals surface area contributed by atoms with Crippen LogP contribution in [0.25, 0.3) is 0 Å². The average Bonchev–Trinajstić information content (AvgIpc) is 2.52. The molecule has 9 heteroatoms. The highest BCUT2D eigenvalue weighted by Crippen LogP contribution is 2.26. The smallest absolute Gasteiger partial charge is 0.324 e. The number of carbonyl (C=O) groups is 1. The molecule has 0 fully saturated rings. The average molecular weight is 324 g/mol. The van der Waals surface area contributed by atoms with Crippen LogP contribution in [-0.4, -0.2) is 34.8 Å². The molecule has 0 aliphatic heterocycles. The Bertz CT molecular complexity index is 626. The zero-order valence-corrected chi connectivity index (χ0v) is 13.3. The summed E-state index contributed by atoms with van der Waals surface area (Å²) in [6, 6.07) is 0. The molecule has 0 saturated heterocycles. The van der Waals surface area contributed by atoms with Gasteiger partial charge in [0.2, 0.25) is 10.0 Å². The maximum atomic E-state index is 12.4. The molecule has 0 bridgehead atoms. The first-order chi connectivity index (χ1) is 9.05. The fraction of sp³-hybridized carbons (Fsp3) is 0.636. The normalized spacial score (nSPS) is 15.1. The van der Waals surface area contributed by atoms with Gasteiger partial charge in [-0.3, -0.25) is 9.48 Å². The van der Waals surface area contributed by atoms with E-state index in [0.717, 1.165) is 0 Å². The summed E-state index contributed by atoms with van der Waals surface area (Å²) in [5.74, 6) is -1.24. The minimum absolute atomic E-state index is 0.0563. The molecule has 0 aliphatic rings. The minimum Gasteiger partial charge on any atom is -0.480 e.